The van der Waals surface area contributed by atoms with Gasteiger partial charge < -0.3 is 9.84 Å². The molecule has 0 aromatic carbocycles. The molecule has 0 bridgehead atoms. The molecule has 4 heteroatoms. The smallest absolute Gasteiger partial charge is 0.220 e. The molecule has 1 N–H and O–H groups in total. The Hall–Kier alpha value is -0.0600. The van der Waals surface area contributed by atoms with Crippen LogP contribution in [-0.2, 0) is 9.53 Å². The lowest BCUT2D eigenvalue weighted by atomic mass is 10.0. The first-order chi connectivity index (χ1) is 14.6. The molecule has 0 saturated heterocycles. The summed E-state index contributed by atoms with van der Waals surface area (Å²) in [4.78, 5) is 11.9. The molecule has 3 nitrogen and oxygen atoms in total. The van der Waals surface area contributed by atoms with Crippen molar-refractivity contribution < 1.29 is 14.6 Å². The molecule has 0 aliphatic heterocycles. The van der Waals surface area contributed by atoms with Crippen molar-refractivity contribution >= 4 is 16.9 Å². The summed E-state index contributed by atoms with van der Waals surface area (Å²) in [6.45, 7) is 6.83. The van der Waals surface area contributed by atoms with Crippen LogP contribution in [0.15, 0.2) is 0 Å². The number of hydrogen-bond donors (Lipinski definition) is 1. The number of aliphatic hydroxyl groups is 1. The van der Waals surface area contributed by atoms with Crippen LogP contribution in [0.25, 0.3) is 0 Å². The molecule has 0 heterocycles. The van der Waals surface area contributed by atoms with Gasteiger partial charge in [0, 0.05) is 12.4 Å². The van der Waals surface area contributed by atoms with Crippen molar-refractivity contribution in [1.29, 1.82) is 0 Å². The van der Waals surface area contributed by atoms with E-state index in [4.69, 9.17) is 4.74 Å². The van der Waals surface area contributed by atoms with Crippen LogP contribution < -0.4 is 0 Å². The second-order valence-corrected chi connectivity index (χ2v) is 9.94. The van der Waals surface area contributed by atoms with E-state index >= 15 is 0 Å². The van der Waals surface area contributed by atoms with Crippen molar-refractivity contribution in [2.75, 3.05) is 12.4 Å². The predicted molar refractivity (Wildman–Crippen MR) is 133 cm³/mol. The average Bonchev–Trinajstić information content (AvgIpc) is 2.75. The van der Waals surface area contributed by atoms with Gasteiger partial charge in [-0.3, -0.25) is 4.79 Å². The van der Waals surface area contributed by atoms with Gasteiger partial charge in [-0.15, -0.1) is 0 Å². The number of rotatable bonds is 23. The van der Waals surface area contributed by atoms with Crippen LogP contribution in [-0.4, -0.2) is 34.8 Å². The minimum absolute atomic E-state index is 0.150. The Morgan fingerprint density at radius 3 is 1.53 bits per heavy atom. The van der Waals surface area contributed by atoms with Crippen molar-refractivity contribution in [1.82, 2.24) is 0 Å². The van der Waals surface area contributed by atoms with Crippen LogP contribution >= 0.6 is 11.8 Å². The molecule has 0 fully saturated rings. The largest absolute Gasteiger partial charge is 0.382 e. The van der Waals surface area contributed by atoms with E-state index in [9.17, 15) is 9.90 Å². The molecule has 0 saturated carbocycles. The molecule has 30 heavy (non-hydrogen) atoms. The summed E-state index contributed by atoms with van der Waals surface area (Å²) in [7, 11) is 0. The van der Waals surface area contributed by atoms with Crippen molar-refractivity contribution in [3.63, 3.8) is 0 Å². The molecule has 0 aromatic rings. The molecule has 0 amide bonds. The van der Waals surface area contributed by atoms with Crippen LogP contribution in [0.3, 0.4) is 0 Å². The van der Waals surface area contributed by atoms with E-state index in [1.807, 2.05) is 0 Å². The number of thioether (sulfide) groups is 1. The molecular weight excluding hydrogens is 392 g/mol. The van der Waals surface area contributed by atoms with E-state index < -0.39 is 12.2 Å². The second-order valence-electron chi connectivity index (χ2n) is 8.85. The number of carbonyl (C=O) groups is 1. The van der Waals surface area contributed by atoms with Gasteiger partial charge in [0.15, 0.2) is 0 Å². The summed E-state index contributed by atoms with van der Waals surface area (Å²) in [5.41, 5.74) is 0. The Bertz CT molecular complexity index is 362. The minimum atomic E-state index is -0.993. The average molecular weight is 445 g/mol. The molecule has 1 unspecified atom stereocenters. The fourth-order valence-electron chi connectivity index (χ4n) is 3.60. The lowest BCUT2D eigenvalue weighted by Gasteiger charge is -2.18. The van der Waals surface area contributed by atoms with Gasteiger partial charge in [0.25, 0.3) is 0 Å². The van der Waals surface area contributed by atoms with Crippen LogP contribution in [0.2, 0.25) is 0 Å². The Morgan fingerprint density at radius 1 is 0.700 bits per heavy atom. The van der Waals surface area contributed by atoms with Gasteiger partial charge in [0.2, 0.25) is 5.12 Å². The van der Waals surface area contributed by atoms with E-state index in [-0.39, 0.29) is 5.12 Å². The van der Waals surface area contributed by atoms with Crippen LogP contribution in [0.1, 0.15) is 136 Å². The highest BCUT2D eigenvalue weighted by Crippen LogP contribution is 2.15. The quantitative estimate of drug-likeness (QED) is 0.162. The summed E-state index contributed by atoms with van der Waals surface area (Å²) in [6.07, 6.45) is 22.4. The minimum Gasteiger partial charge on any atom is -0.382 e. The standard InChI is InChI=1S/C26H52O3S/c1-4-6-8-9-10-11-12-13-14-15-16-17-18-19-20-21-22-29-24(3)25(27)26(28)30-23-7-5-2/h24-25,27H,4-23H2,1-3H3/t24?,25-/m0/s1. The lowest BCUT2D eigenvalue weighted by Crippen LogP contribution is -2.32. The molecule has 0 aromatic heterocycles. The zero-order valence-corrected chi connectivity index (χ0v) is 21.3. The second kappa shape index (κ2) is 23.6. The van der Waals surface area contributed by atoms with E-state index in [1.54, 1.807) is 6.92 Å². The van der Waals surface area contributed by atoms with Crippen LogP contribution in [0.4, 0.5) is 0 Å². The monoisotopic (exact) mass is 444 g/mol. The van der Waals surface area contributed by atoms with Gasteiger partial charge in [-0.05, 0) is 19.8 Å². The fourth-order valence-corrected chi connectivity index (χ4v) is 4.60. The van der Waals surface area contributed by atoms with E-state index in [1.165, 1.54) is 108 Å². The molecule has 0 radical (unpaired) electrons. The molecule has 180 valence electrons. The number of hydrogen-bond acceptors (Lipinski definition) is 4. The number of carbonyl (C=O) groups excluding carboxylic acids is 1. The first-order valence-electron chi connectivity index (χ1n) is 13.1. The maximum atomic E-state index is 11.9. The number of aliphatic hydroxyl groups excluding tert-OH is 1. The predicted octanol–water partition coefficient (Wildman–Crippen LogP) is 8.07. The molecule has 2 atom stereocenters. The summed E-state index contributed by atoms with van der Waals surface area (Å²) in [5, 5.41) is 9.88. The highest BCUT2D eigenvalue weighted by Gasteiger charge is 2.22. The van der Waals surface area contributed by atoms with Crippen LogP contribution in [0, 0.1) is 0 Å². The summed E-state index contributed by atoms with van der Waals surface area (Å²) in [5.74, 6) is 0.790. The molecule has 0 spiro atoms. The zero-order chi connectivity index (χ0) is 22.3. The highest BCUT2D eigenvalue weighted by atomic mass is 32.2. The van der Waals surface area contributed by atoms with Gasteiger partial charge in [0.1, 0.15) is 6.10 Å². The van der Waals surface area contributed by atoms with Gasteiger partial charge in [0.05, 0.1) is 6.10 Å². The first kappa shape index (κ1) is 29.9. The molecular formula is C26H52O3S. The molecule has 0 rings (SSSR count). The van der Waals surface area contributed by atoms with E-state index in [0.717, 1.165) is 25.0 Å². The van der Waals surface area contributed by atoms with Crippen molar-refractivity contribution in [3.8, 4) is 0 Å². The van der Waals surface area contributed by atoms with Gasteiger partial charge in [-0.25, -0.2) is 0 Å². The van der Waals surface area contributed by atoms with Crippen molar-refractivity contribution in [2.24, 2.45) is 0 Å². The third kappa shape index (κ3) is 19.9. The lowest BCUT2D eigenvalue weighted by molar-refractivity contribution is -0.125. The Kier molecular flexibility index (Phi) is 23.6. The number of ether oxygens (including phenoxy) is 1. The Morgan fingerprint density at radius 2 is 1.10 bits per heavy atom. The Balaban J connectivity index is 3.31. The molecule has 0 aliphatic rings. The normalized spacial score (nSPS) is 13.5. The summed E-state index contributed by atoms with van der Waals surface area (Å²) >= 11 is 1.23. The summed E-state index contributed by atoms with van der Waals surface area (Å²) < 4.78 is 5.67. The van der Waals surface area contributed by atoms with Crippen LogP contribution in [0.5, 0.6) is 0 Å². The van der Waals surface area contributed by atoms with E-state index in [0.29, 0.717) is 6.61 Å². The fraction of sp³-hybridized carbons (Fsp3) is 0.962. The Labute approximate surface area is 192 Å². The number of unbranched alkanes of at least 4 members (excludes halogenated alkanes) is 16. The topological polar surface area (TPSA) is 46.5 Å². The third-order valence-corrected chi connectivity index (χ3v) is 6.83. The zero-order valence-electron chi connectivity index (χ0n) is 20.5. The maximum absolute atomic E-state index is 11.9. The SMILES string of the molecule is CCCCCCCCCCCCCCCCCCOC(C)[C@H](O)C(=O)SCCCC. The highest BCUT2D eigenvalue weighted by molar-refractivity contribution is 8.13. The first-order valence-corrected chi connectivity index (χ1v) is 14.1. The van der Waals surface area contributed by atoms with Crippen molar-refractivity contribution in [2.45, 2.75) is 149 Å². The maximum Gasteiger partial charge on any atom is 0.220 e. The third-order valence-electron chi connectivity index (χ3n) is 5.81. The van der Waals surface area contributed by atoms with Crippen molar-refractivity contribution in [3.05, 3.63) is 0 Å². The molecule has 0 aliphatic carbocycles. The van der Waals surface area contributed by atoms with Gasteiger partial charge in [-0.2, -0.15) is 0 Å². The summed E-state index contributed by atoms with van der Waals surface area (Å²) in [6, 6.07) is 0. The van der Waals surface area contributed by atoms with Gasteiger partial charge >= 0.3 is 0 Å². The van der Waals surface area contributed by atoms with E-state index in [2.05, 4.69) is 13.8 Å². The van der Waals surface area contributed by atoms with Gasteiger partial charge in [-0.1, -0.05) is 128 Å².